The van der Waals surface area contributed by atoms with Crippen LogP contribution in [0.25, 0.3) is 0 Å². The number of anilines is 2. The zero-order valence-corrected chi connectivity index (χ0v) is 17.1. The summed E-state index contributed by atoms with van der Waals surface area (Å²) in [5.74, 6) is 0.971. The molecule has 2 heterocycles. The van der Waals surface area contributed by atoms with Gasteiger partial charge in [0.1, 0.15) is 12.0 Å². The van der Waals surface area contributed by atoms with Crippen LogP contribution in [0.3, 0.4) is 0 Å². The summed E-state index contributed by atoms with van der Waals surface area (Å²) in [7, 11) is 0. The Hall–Kier alpha value is -2.40. The molecule has 0 amide bonds. The molecule has 0 saturated carbocycles. The normalized spacial score (nSPS) is 19.0. The number of fused-ring (bicyclic) bond motifs is 1. The third-order valence-corrected chi connectivity index (χ3v) is 5.80. The highest BCUT2D eigenvalue weighted by molar-refractivity contribution is 6.32. The van der Waals surface area contributed by atoms with Crippen LogP contribution in [0, 0.1) is 6.92 Å². The second-order valence-corrected chi connectivity index (χ2v) is 7.88. The quantitative estimate of drug-likeness (QED) is 0.718. The third kappa shape index (κ3) is 3.39. The number of hydrogen-bond acceptors (Lipinski definition) is 5. The number of rotatable bonds is 4. The van der Waals surface area contributed by atoms with Crippen molar-refractivity contribution >= 4 is 28.9 Å². The van der Waals surface area contributed by atoms with Crippen LogP contribution in [0.2, 0.25) is 5.15 Å². The Morgan fingerprint density at radius 1 is 1.21 bits per heavy atom. The van der Waals surface area contributed by atoms with Gasteiger partial charge in [-0.15, -0.1) is 0 Å². The fourth-order valence-electron chi connectivity index (χ4n) is 4.08. The number of allylic oxidation sites excluding steroid dienone is 1. The van der Waals surface area contributed by atoms with Gasteiger partial charge in [-0.3, -0.25) is 4.79 Å². The average molecular weight is 397 g/mol. The standard InChI is InChI=1S/C22H25ClN4O/c1-3-4-12-27-20(15-10-8-14(2)9-11-15)18-16(6-5-7-17(18)28)26-19-21(23)24-13-25-22(19)27/h8-11,13,20,26H,3-7,12H2,1-2H3. The smallest absolute Gasteiger partial charge is 0.163 e. The molecule has 1 aliphatic carbocycles. The number of aromatic nitrogens is 2. The van der Waals surface area contributed by atoms with Crippen molar-refractivity contribution in [2.24, 2.45) is 0 Å². The minimum absolute atomic E-state index is 0.172. The summed E-state index contributed by atoms with van der Waals surface area (Å²) < 4.78 is 0. The highest BCUT2D eigenvalue weighted by Crippen LogP contribution is 2.45. The summed E-state index contributed by atoms with van der Waals surface area (Å²) >= 11 is 6.45. The molecule has 4 rings (SSSR count). The van der Waals surface area contributed by atoms with Crippen molar-refractivity contribution in [3.8, 4) is 0 Å². The van der Waals surface area contributed by atoms with Gasteiger partial charge in [0, 0.05) is 24.2 Å². The van der Waals surface area contributed by atoms with Gasteiger partial charge in [0.2, 0.25) is 0 Å². The van der Waals surface area contributed by atoms with Crippen molar-refractivity contribution in [2.75, 3.05) is 16.8 Å². The number of aryl methyl sites for hydroxylation is 1. The second-order valence-electron chi connectivity index (χ2n) is 7.52. The van der Waals surface area contributed by atoms with Gasteiger partial charge in [-0.2, -0.15) is 0 Å². The second kappa shape index (κ2) is 7.92. The van der Waals surface area contributed by atoms with Crippen molar-refractivity contribution in [1.82, 2.24) is 9.97 Å². The molecular weight excluding hydrogens is 372 g/mol. The number of hydrogen-bond donors (Lipinski definition) is 1. The van der Waals surface area contributed by atoms with E-state index in [-0.39, 0.29) is 11.8 Å². The molecule has 1 aliphatic heterocycles. The minimum Gasteiger partial charge on any atom is -0.353 e. The van der Waals surface area contributed by atoms with Crippen LogP contribution in [0.4, 0.5) is 11.5 Å². The lowest BCUT2D eigenvalue weighted by Gasteiger charge is -2.34. The zero-order valence-electron chi connectivity index (χ0n) is 16.3. The van der Waals surface area contributed by atoms with Crippen molar-refractivity contribution in [1.29, 1.82) is 0 Å². The molecule has 2 aromatic rings. The maximum atomic E-state index is 13.1. The highest BCUT2D eigenvalue weighted by Gasteiger charge is 2.37. The van der Waals surface area contributed by atoms with Crippen LogP contribution < -0.4 is 10.2 Å². The van der Waals surface area contributed by atoms with Crippen molar-refractivity contribution < 1.29 is 4.79 Å². The predicted octanol–water partition coefficient (Wildman–Crippen LogP) is 5.22. The molecule has 0 saturated heterocycles. The lowest BCUT2D eigenvalue weighted by Crippen LogP contribution is -2.34. The van der Waals surface area contributed by atoms with Crippen molar-refractivity contribution in [3.05, 3.63) is 58.1 Å². The molecule has 0 spiro atoms. The molecule has 1 unspecified atom stereocenters. The van der Waals surface area contributed by atoms with E-state index in [4.69, 9.17) is 11.6 Å². The number of Topliss-reactive ketones (excluding diaryl/α,β-unsaturated/α-hetero) is 1. The number of benzene rings is 1. The minimum atomic E-state index is -0.172. The number of carbonyl (C=O) groups excluding carboxylic acids is 1. The Balaban J connectivity index is 1.95. The first-order chi connectivity index (χ1) is 13.6. The number of unbranched alkanes of at least 4 members (excludes halogenated alkanes) is 1. The van der Waals surface area contributed by atoms with Gasteiger partial charge in [-0.05, 0) is 31.7 Å². The molecule has 0 radical (unpaired) electrons. The summed E-state index contributed by atoms with van der Waals surface area (Å²) in [6.45, 7) is 5.04. The fourth-order valence-corrected chi connectivity index (χ4v) is 4.25. The predicted molar refractivity (Wildman–Crippen MR) is 113 cm³/mol. The molecule has 2 aliphatic rings. The molecule has 28 heavy (non-hydrogen) atoms. The molecular formula is C22H25ClN4O. The molecule has 1 aromatic carbocycles. The van der Waals surface area contributed by atoms with Crippen LogP contribution in [-0.2, 0) is 4.79 Å². The van der Waals surface area contributed by atoms with E-state index in [1.165, 1.54) is 11.9 Å². The Bertz CT molecular complexity index is 923. The molecule has 1 aromatic heterocycles. The molecule has 6 heteroatoms. The molecule has 1 N–H and O–H groups in total. The Morgan fingerprint density at radius 3 is 2.75 bits per heavy atom. The number of ketones is 1. The van der Waals surface area contributed by atoms with Crippen LogP contribution in [0.1, 0.15) is 56.2 Å². The number of nitrogens with zero attached hydrogens (tertiary/aromatic N) is 3. The SMILES string of the molecule is CCCCN1c2ncnc(Cl)c2NC2=C(C(=O)CCC2)C1c1ccc(C)cc1. The average Bonchev–Trinajstić information content (AvgIpc) is 2.83. The summed E-state index contributed by atoms with van der Waals surface area (Å²) in [6, 6.07) is 8.29. The van der Waals surface area contributed by atoms with E-state index in [0.29, 0.717) is 17.3 Å². The van der Waals surface area contributed by atoms with E-state index in [1.807, 2.05) is 0 Å². The largest absolute Gasteiger partial charge is 0.353 e. The molecule has 0 fully saturated rings. The monoisotopic (exact) mass is 396 g/mol. The topological polar surface area (TPSA) is 58.1 Å². The van der Waals surface area contributed by atoms with Crippen LogP contribution in [0.5, 0.6) is 0 Å². The van der Waals surface area contributed by atoms with Gasteiger partial charge in [0.15, 0.2) is 16.8 Å². The van der Waals surface area contributed by atoms with Gasteiger partial charge < -0.3 is 10.2 Å². The van der Waals surface area contributed by atoms with Crippen molar-refractivity contribution in [3.63, 3.8) is 0 Å². The van der Waals surface area contributed by atoms with E-state index in [9.17, 15) is 4.79 Å². The first kappa shape index (κ1) is 18.9. The molecule has 5 nitrogen and oxygen atoms in total. The lowest BCUT2D eigenvalue weighted by atomic mass is 9.85. The first-order valence-corrected chi connectivity index (χ1v) is 10.3. The summed E-state index contributed by atoms with van der Waals surface area (Å²) in [5.41, 5.74) is 4.82. The Labute approximate surface area is 170 Å². The highest BCUT2D eigenvalue weighted by atomic mass is 35.5. The third-order valence-electron chi connectivity index (χ3n) is 5.52. The molecule has 0 bridgehead atoms. The van der Waals surface area contributed by atoms with E-state index < -0.39 is 0 Å². The number of halogens is 1. The summed E-state index contributed by atoms with van der Waals surface area (Å²) in [4.78, 5) is 24.1. The Morgan fingerprint density at radius 2 is 2.00 bits per heavy atom. The number of nitrogens with one attached hydrogen (secondary N) is 1. The first-order valence-electron chi connectivity index (χ1n) is 9.97. The fraction of sp³-hybridized carbons (Fsp3) is 0.409. The lowest BCUT2D eigenvalue weighted by molar-refractivity contribution is -0.116. The Kier molecular flexibility index (Phi) is 5.36. The summed E-state index contributed by atoms with van der Waals surface area (Å²) in [5, 5.41) is 3.83. The maximum Gasteiger partial charge on any atom is 0.163 e. The van der Waals surface area contributed by atoms with Gasteiger partial charge in [-0.25, -0.2) is 9.97 Å². The van der Waals surface area contributed by atoms with E-state index in [1.54, 1.807) is 0 Å². The van der Waals surface area contributed by atoms with Crippen LogP contribution in [0.15, 0.2) is 41.9 Å². The maximum absolute atomic E-state index is 13.1. The van der Waals surface area contributed by atoms with Gasteiger partial charge >= 0.3 is 0 Å². The number of carbonyl (C=O) groups is 1. The van der Waals surface area contributed by atoms with Gasteiger partial charge in [-0.1, -0.05) is 54.8 Å². The molecule has 1 atom stereocenters. The molecule has 146 valence electrons. The van der Waals surface area contributed by atoms with Gasteiger partial charge in [0.05, 0.1) is 6.04 Å². The van der Waals surface area contributed by atoms with E-state index >= 15 is 0 Å². The van der Waals surface area contributed by atoms with Gasteiger partial charge in [0.25, 0.3) is 0 Å². The van der Waals surface area contributed by atoms with E-state index in [0.717, 1.165) is 54.9 Å². The van der Waals surface area contributed by atoms with E-state index in [2.05, 4.69) is 58.3 Å². The zero-order chi connectivity index (χ0) is 19.7. The van der Waals surface area contributed by atoms with Crippen LogP contribution >= 0.6 is 11.6 Å². The summed E-state index contributed by atoms with van der Waals surface area (Å²) in [6.07, 6.45) is 5.82. The van der Waals surface area contributed by atoms with Crippen molar-refractivity contribution in [2.45, 2.75) is 52.0 Å². The van der Waals surface area contributed by atoms with Crippen LogP contribution in [-0.4, -0.2) is 22.3 Å².